The van der Waals surface area contributed by atoms with Gasteiger partial charge in [-0.1, -0.05) is 0 Å². The van der Waals surface area contributed by atoms with Crippen molar-refractivity contribution in [3.63, 3.8) is 0 Å². The molecule has 6 nitrogen and oxygen atoms in total. The number of carbonyl (C=O) groups is 1. The van der Waals surface area contributed by atoms with E-state index < -0.39 is 17.4 Å². The average Bonchev–Trinajstić information content (AvgIpc) is 3.09. The van der Waals surface area contributed by atoms with Gasteiger partial charge in [0.25, 0.3) is 17.4 Å². The number of rotatable bonds is 6. The summed E-state index contributed by atoms with van der Waals surface area (Å²) in [6.07, 6.45) is 0.308. The molecular weight excluding hydrogens is 388 g/mol. The lowest BCUT2D eigenvalue weighted by molar-refractivity contribution is -0.0550. The Morgan fingerprint density at radius 2 is 2.04 bits per heavy atom. The highest BCUT2D eigenvalue weighted by Crippen LogP contribution is 2.31. The molecule has 1 aliphatic heterocycles. The molecule has 2 aromatic heterocycles. The largest absolute Gasteiger partial charge is 0.506 e. The fourth-order valence-electron chi connectivity index (χ4n) is 3.49. The van der Waals surface area contributed by atoms with Crippen molar-refractivity contribution in [2.45, 2.75) is 45.1 Å². The van der Waals surface area contributed by atoms with Crippen LogP contribution in [0.1, 0.15) is 49.5 Å². The van der Waals surface area contributed by atoms with E-state index >= 15 is 0 Å². The molecule has 2 N–H and O–H groups in total. The van der Waals surface area contributed by atoms with Crippen LogP contribution in [-0.4, -0.2) is 52.6 Å². The van der Waals surface area contributed by atoms with Gasteiger partial charge in [0.15, 0.2) is 0 Å². The smallest absolute Gasteiger partial charge is 0.268 e. The zero-order valence-electron chi connectivity index (χ0n) is 16.0. The van der Waals surface area contributed by atoms with E-state index in [0.29, 0.717) is 42.8 Å². The summed E-state index contributed by atoms with van der Waals surface area (Å²) >= 11 is 1.34. The third kappa shape index (κ3) is 4.20. The molecule has 0 atom stereocenters. The summed E-state index contributed by atoms with van der Waals surface area (Å²) in [4.78, 5) is 27.9. The summed E-state index contributed by atoms with van der Waals surface area (Å²) < 4.78 is 27.9. The monoisotopic (exact) mass is 413 g/mol. The molecule has 28 heavy (non-hydrogen) atoms. The second-order valence-corrected chi connectivity index (χ2v) is 8.33. The molecule has 2 aromatic rings. The number of hydrogen-bond donors (Lipinski definition) is 2. The third-order valence-corrected chi connectivity index (χ3v) is 5.97. The predicted octanol–water partition coefficient (Wildman–Crippen LogP) is 3.20. The highest BCUT2D eigenvalue weighted by atomic mass is 32.1. The Hall–Kier alpha value is -2.00. The number of halogens is 2. The highest BCUT2D eigenvalue weighted by molar-refractivity contribution is 7.16. The van der Waals surface area contributed by atoms with Gasteiger partial charge in [0.2, 0.25) is 0 Å². The van der Waals surface area contributed by atoms with Gasteiger partial charge in [0, 0.05) is 38.5 Å². The quantitative estimate of drug-likeness (QED) is 0.714. The lowest BCUT2D eigenvalue weighted by Gasteiger charge is -2.31. The number of fused-ring (bicyclic) bond motifs is 1. The fraction of sp³-hybridized carbons (Fsp3) is 0.579. The van der Waals surface area contributed by atoms with Crippen LogP contribution in [0, 0.1) is 0 Å². The van der Waals surface area contributed by atoms with Gasteiger partial charge in [0.05, 0.1) is 5.39 Å². The number of amides is 1. The van der Waals surface area contributed by atoms with Gasteiger partial charge in [-0.2, -0.15) is 0 Å². The Morgan fingerprint density at radius 3 is 2.68 bits per heavy atom. The van der Waals surface area contributed by atoms with Gasteiger partial charge in [-0.05, 0) is 38.3 Å². The van der Waals surface area contributed by atoms with Crippen LogP contribution in [0.5, 0.6) is 5.75 Å². The first-order valence-corrected chi connectivity index (χ1v) is 10.3. The number of hydrogen-bond acceptors (Lipinski definition) is 5. The Balaban J connectivity index is 1.65. The first-order chi connectivity index (χ1) is 13.2. The van der Waals surface area contributed by atoms with Crippen molar-refractivity contribution in [2.75, 3.05) is 26.2 Å². The van der Waals surface area contributed by atoms with Crippen LogP contribution in [-0.2, 0) is 0 Å². The SMILES string of the molecule is CC(C)n1c(=O)c(C(=O)NCCCN2CCC(F)(F)CC2)c(O)c2ccsc21. The summed E-state index contributed by atoms with van der Waals surface area (Å²) in [5.41, 5.74) is -0.768. The Labute approximate surface area is 165 Å². The van der Waals surface area contributed by atoms with Gasteiger partial charge >= 0.3 is 0 Å². The van der Waals surface area contributed by atoms with E-state index in [-0.39, 0.29) is 30.2 Å². The number of likely N-dealkylation sites (tertiary alicyclic amines) is 1. The summed E-state index contributed by atoms with van der Waals surface area (Å²) in [6, 6.07) is 1.54. The molecule has 1 saturated heterocycles. The van der Waals surface area contributed by atoms with Gasteiger partial charge in [-0.15, -0.1) is 11.3 Å². The van der Waals surface area contributed by atoms with E-state index in [2.05, 4.69) is 5.32 Å². The third-order valence-electron chi connectivity index (χ3n) is 5.06. The number of thiophene rings is 1. The molecule has 0 aromatic carbocycles. The molecule has 3 heterocycles. The molecule has 1 fully saturated rings. The van der Waals surface area contributed by atoms with Crippen molar-refractivity contribution in [1.29, 1.82) is 0 Å². The normalized spacial score (nSPS) is 17.3. The molecule has 0 bridgehead atoms. The summed E-state index contributed by atoms with van der Waals surface area (Å²) in [5, 5.41) is 15.4. The molecule has 0 spiro atoms. The number of nitrogens with one attached hydrogen (secondary N) is 1. The van der Waals surface area contributed by atoms with Crippen molar-refractivity contribution in [3.05, 3.63) is 27.4 Å². The highest BCUT2D eigenvalue weighted by Gasteiger charge is 2.33. The molecule has 3 rings (SSSR count). The van der Waals surface area contributed by atoms with Gasteiger partial charge in [-0.3, -0.25) is 14.2 Å². The number of aromatic nitrogens is 1. The topological polar surface area (TPSA) is 74.6 Å². The van der Waals surface area contributed by atoms with Crippen molar-refractivity contribution in [1.82, 2.24) is 14.8 Å². The molecule has 0 unspecified atom stereocenters. The Bertz CT molecular complexity index is 913. The van der Waals surface area contributed by atoms with Crippen LogP contribution < -0.4 is 10.9 Å². The molecule has 0 radical (unpaired) electrons. The second kappa shape index (κ2) is 8.16. The van der Waals surface area contributed by atoms with Gasteiger partial charge in [0.1, 0.15) is 16.1 Å². The van der Waals surface area contributed by atoms with E-state index in [9.17, 15) is 23.5 Å². The maximum Gasteiger partial charge on any atom is 0.268 e. The minimum absolute atomic E-state index is 0.136. The van der Waals surface area contributed by atoms with Gasteiger partial charge < -0.3 is 15.3 Å². The van der Waals surface area contributed by atoms with E-state index in [1.165, 1.54) is 15.9 Å². The first-order valence-electron chi connectivity index (χ1n) is 9.44. The van der Waals surface area contributed by atoms with Crippen molar-refractivity contribution in [2.24, 2.45) is 0 Å². The molecule has 1 amide bonds. The van der Waals surface area contributed by atoms with E-state index in [4.69, 9.17) is 0 Å². The Kier molecular flexibility index (Phi) is 6.04. The van der Waals surface area contributed by atoms with E-state index in [1.807, 2.05) is 18.7 Å². The van der Waals surface area contributed by atoms with Gasteiger partial charge in [-0.25, -0.2) is 8.78 Å². The lowest BCUT2D eigenvalue weighted by Crippen LogP contribution is -2.40. The second-order valence-electron chi connectivity index (χ2n) is 7.44. The molecular formula is C19H25F2N3O3S. The maximum atomic E-state index is 13.2. The van der Waals surface area contributed by atoms with Crippen molar-refractivity contribution >= 4 is 27.5 Å². The van der Waals surface area contributed by atoms with Crippen LogP contribution in [0.3, 0.4) is 0 Å². The zero-order chi connectivity index (χ0) is 20.5. The number of alkyl halides is 2. The molecule has 0 aliphatic carbocycles. The number of piperidine rings is 1. The molecule has 154 valence electrons. The average molecular weight is 413 g/mol. The maximum absolute atomic E-state index is 13.2. The van der Waals surface area contributed by atoms with Crippen molar-refractivity contribution < 1.29 is 18.7 Å². The van der Waals surface area contributed by atoms with Crippen LogP contribution in [0.4, 0.5) is 8.78 Å². The summed E-state index contributed by atoms with van der Waals surface area (Å²) in [6.45, 7) is 5.28. The standard InChI is InChI=1S/C19H25F2N3O3S/c1-12(2)24-17(27)14(15(25)13-4-11-28-18(13)24)16(26)22-7-3-8-23-9-5-19(20,21)6-10-23/h4,11-12,25H,3,5-10H2,1-2H3,(H,22,26). The van der Waals surface area contributed by atoms with Crippen LogP contribution in [0.25, 0.3) is 10.2 Å². The first kappa shape index (κ1) is 20.7. The fourth-order valence-corrected chi connectivity index (χ4v) is 4.52. The number of carbonyl (C=O) groups excluding carboxylic acids is 1. The molecule has 1 aliphatic rings. The van der Waals surface area contributed by atoms with Crippen LogP contribution >= 0.6 is 11.3 Å². The molecule has 0 saturated carbocycles. The van der Waals surface area contributed by atoms with E-state index in [1.54, 1.807) is 11.4 Å². The minimum atomic E-state index is -2.57. The molecule has 9 heteroatoms. The van der Waals surface area contributed by atoms with Crippen molar-refractivity contribution in [3.8, 4) is 5.75 Å². The summed E-state index contributed by atoms with van der Waals surface area (Å²) in [5.74, 6) is -3.48. The van der Waals surface area contributed by atoms with E-state index in [0.717, 1.165) is 0 Å². The van der Waals surface area contributed by atoms with Crippen LogP contribution in [0.2, 0.25) is 0 Å². The lowest BCUT2D eigenvalue weighted by atomic mass is 10.1. The predicted molar refractivity (Wildman–Crippen MR) is 106 cm³/mol. The number of nitrogens with zero attached hydrogens (tertiary/aromatic N) is 2. The zero-order valence-corrected chi connectivity index (χ0v) is 16.8. The summed E-state index contributed by atoms with van der Waals surface area (Å²) in [7, 11) is 0. The number of aromatic hydroxyl groups is 1. The minimum Gasteiger partial charge on any atom is -0.506 e. The van der Waals surface area contributed by atoms with Crippen LogP contribution in [0.15, 0.2) is 16.2 Å². The Morgan fingerprint density at radius 1 is 1.36 bits per heavy atom. The number of pyridine rings is 1.